The first kappa shape index (κ1) is 12.7. The summed E-state index contributed by atoms with van der Waals surface area (Å²) in [7, 11) is 1.66. The summed E-state index contributed by atoms with van der Waals surface area (Å²) in [6.45, 7) is 0.718. The Morgan fingerprint density at radius 1 is 1.22 bits per heavy atom. The number of ether oxygens (including phenoxy) is 1. The molecule has 4 heteroatoms. The van der Waals surface area contributed by atoms with Crippen LogP contribution < -0.4 is 15.8 Å². The van der Waals surface area contributed by atoms with E-state index in [9.17, 15) is 5.11 Å². The molecular weight excluding hydrogens is 228 g/mol. The molecule has 0 radical (unpaired) electrons. The lowest BCUT2D eigenvalue weighted by Gasteiger charge is -2.11. The maximum atomic E-state index is 9.40. The lowest BCUT2D eigenvalue weighted by Crippen LogP contribution is -2.27. The van der Waals surface area contributed by atoms with Gasteiger partial charge in [-0.1, -0.05) is 12.1 Å². The normalized spacial score (nSPS) is 12.4. The van der Waals surface area contributed by atoms with E-state index >= 15 is 0 Å². The van der Waals surface area contributed by atoms with Crippen molar-refractivity contribution in [3.8, 4) is 5.75 Å². The molecule has 0 saturated carbocycles. The molecule has 18 heavy (non-hydrogen) atoms. The molecule has 0 fully saturated rings. The molecule has 2 rings (SSSR count). The van der Waals surface area contributed by atoms with Crippen molar-refractivity contribution in [1.82, 2.24) is 0 Å². The number of methoxy groups -OCH3 is 1. The molecule has 0 bridgehead atoms. The van der Waals surface area contributed by atoms with Crippen molar-refractivity contribution in [3.63, 3.8) is 0 Å². The minimum Gasteiger partial charge on any atom is -0.497 e. The third-order valence-electron chi connectivity index (χ3n) is 2.86. The van der Waals surface area contributed by atoms with Gasteiger partial charge in [-0.05, 0) is 35.0 Å². The lowest BCUT2D eigenvalue weighted by molar-refractivity contribution is 0.196. The van der Waals surface area contributed by atoms with Gasteiger partial charge in [0, 0.05) is 18.8 Å². The number of hydrogen-bond acceptors (Lipinski definition) is 4. The van der Waals surface area contributed by atoms with Gasteiger partial charge < -0.3 is 20.9 Å². The number of fused-ring (bicyclic) bond motifs is 1. The maximum absolute atomic E-state index is 9.40. The molecule has 1 unspecified atom stereocenters. The Balaban J connectivity index is 2.17. The third-order valence-corrected chi connectivity index (χ3v) is 2.86. The van der Waals surface area contributed by atoms with Crippen molar-refractivity contribution in [3.05, 3.63) is 36.4 Å². The summed E-state index contributed by atoms with van der Waals surface area (Å²) in [6, 6.07) is 12.0. The average Bonchev–Trinajstić information content (AvgIpc) is 2.43. The number of rotatable bonds is 5. The van der Waals surface area contributed by atoms with E-state index in [2.05, 4.69) is 5.32 Å². The third kappa shape index (κ3) is 2.91. The Bertz CT molecular complexity index is 528. The summed E-state index contributed by atoms with van der Waals surface area (Å²) in [6.07, 6.45) is -0.517. The fraction of sp³-hybridized carbons (Fsp3) is 0.286. The van der Waals surface area contributed by atoms with Crippen LogP contribution in [0.3, 0.4) is 0 Å². The molecule has 0 aliphatic heterocycles. The minimum absolute atomic E-state index is 0.262. The van der Waals surface area contributed by atoms with E-state index in [0.717, 1.165) is 22.2 Å². The Labute approximate surface area is 106 Å². The van der Waals surface area contributed by atoms with Gasteiger partial charge in [-0.15, -0.1) is 0 Å². The van der Waals surface area contributed by atoms with Crippen LogP contribution in [-0.4, -0.2) is 31.4 Å². The molecule has 2 aromatic carbocycles. The number of nitrogens with two attached hydrogens (primary N) is 1. The van der Waals surface area contributed by atoms with Crippen molar-refractivity contribution >= 4 is 16.5 Å². The summed E-state index contributed by atoms with van der Waals surface area (Å²) in [5.41, 5.74) is 6.33. The second kappa shape index (κ2) is 5.71. The van der Waals surface area contributed by atoms with Crippen molar-refractivity contribution in [2.75, 3.05) is 25.5 Å². The van der Waals surface area contributed by atoms with E-state index < -0.39 is 6.10 Å². The molecule has 0 aromatic heterocycles. The first-order valence-corrected chi connectivity index (χ1v) is 5.92. The van der Waals surface area contributed by atoms with Crippen LogP contribution in [0.5, 0.6) is 5.75 Å². The van der Waals surface area contributed by atoms with Crippen molar-refractivity contribution in [2.24, 2.45) is 5.73 Å². The van der Waals surface area contributed by atoms with E-state index in [1.54, 1.807) is 7.11 Å². The van der Waals surface area contributed by atoms with E-state index in [-0.39, 0.29) is 6.54 Å². The number of aliphatic hydroxyl groups is 1. The van der Waals surface area contributed by atoms with E-state index in [1.165, 1.54) is 0 Å². The van der Waals surface area contributed by atoms with Crippen LogP contribution in [0.25, 0.3) is 10.8 Å². The maximum Gasteiger partial charge on any atom is 0.119 e. The van der Waals surface area contributed by atoms with Crippen LogP contribution in [0.15, 0.2) is 36.4 Å². The molecule has 96 valence electrons. The van der Waals surface area contributed by atoms with E-state index in [1.807, 2.05) is 36.4 Å². The summed E-state index contributed by atoms with van der Waals surface area (Å²) in [4.78, 5) is 0. The highest BCUT2D eigenvalue weighted by molar-refractivity contribution is 5.86. The molecule has 4 nitrogen and oxygen atoms in total. The predicted molar refractivity (Wildman–Crippen MR) is 74.1 cm³/mol. The minimum atomic E-state index is -0.517. The molecule has 0 aliphatic carbocycles. The molecule has 1 atom stereocenters. The number of benzene rings is 2. The summed E-state index contributed by atoms with van der Waals surface area (Å²) >= 11 is 0. The lowest BCUT2D eigenvalue weighted by atomic mass is 10.1. The summed E-state index contributed by atoms with van der Waals surface area (Å²) < 4.78 is 5.18. The smallest absolute Gasteiger partial charge is 0.119 e. The molecule has 0 saturated heterocycles. The fourth-order valence-electron chi connectivity index (χ4n) is 1.78. The topological polar surface area (TPSA) is 67.5 Å². The zero-order chi connectivity index (χ0) is 13.0. The zero-order valence-electron chi connectivity index (χ0n) is 10.4. The van der Waals surface area contributed by atoms with Crippen LogP contribution in [0.1, 0.15) is 0 Å². The van der Waals surface area contributed by atoms with Crippen molar-refractivity contribution < 1.29 is 9.84 Å². The van der Waals surface area contributed by atoms with Crippen LogP contribution in [0.4, 0.5) is 5.69 Å². The standard InChI is InChI=1S/C14H18N2O2/c1-18-14-5-3-10-6-12(4-2-11(10)7-14)16-9-13(17)8-15/h2-7,13,16-17H,8-9,15H2,1H3. The number of aliphatic hydroxyl groups excluding tert-OH is 1. The summed E-state index contributed by atoms with van der Waals surface area (Å²) in [5.74, 6) is 0.849. The Morgan fingerprint density at radius 3 is 2.67 bits per heavy atom. The number of anilines is 1. The average molecular weight is 246 g/mol. The second-order valence-corrected chi connectivity index (χ2v) is 4.20. The van der Waals surface area contributed by atoms with Crippen molar-refractivity contribution in [1.29, 1.82) is 0 Å². The highest BCUT2D eigenvalue weighted by atomic mass is 16.5. The first-order valence-electron chi connectivity index (χ1n) is 5.92. The van der Waals surface area contributed by atoms with Crippen LogP contribution in [0, 0.1) is 0 Å². The van der Waals surface area contributed by atoms with Gasteiger partial charge in [0.2, 0.25) is 0 Å². The van der Waals surface area contributed by atoms with Crippen LogP contribution in [0.2, 0.25) is 0 Å². The molecular formula is C14H18N2O2. The SMILES string of the molecule is COc1ccc2cc(NCC(O)CN)ccc2c1. The van der Waals surface area contributed by atoms with Gasteiger partial charge >= 0.3 is 0 Å². The van der Waals surface area contributed by atoms with Gasteiger partial charge in [0.05, 0.1) is 13.2 Å². The van der Waals surface area contributed by atoms with Gasteiger partial charge in [-0.25, -0.2) is 0 Å². The quantitative estimate of drug-likeness (QED) is 0.749. The Morgan fingerprint density at radius 2 is 1.94 bits per heavy atom. The van der Waals surface area contributed by atoms with Gasteiger partial charge in [0.15, 0.2) is 0 Å². The highest BCUT2D eigenvalue weighted by Gasteiger charge is 2.02. The van der Waals surface area contributed by atoms with Gasteiger partial charge in [-0.2, -0.15) is 0 Å². The monoisotopic (exact) mass is 246 g/mol. The van der Waals surface area contributed by atoms with Gasteiger partial charge in [-0.3, -0.25) is 0 Å². The molecule has 2 aromatic rings. The Hall–Kier alpha value is -1.78. The first-order chi connectivity index (χ1) is 8.72. The van der Waals surface area contributed by atoms with E-state index in [0.29, 0.717) is 6.54 Å². The van der Waals surface area contributed by atoms with Crippen molar-refractivity contribution in [2.45, 2.75) is 6.10 Å². The molecule has 0 aliphatic rings. The van der Waals surface area contributed by atoms with Gasteiger partial charge in [0.25, 0.3) is 0 Å². The fourth-order valence-corrected chi connectivity index (χ4v) is 1.78. The second-order valence-electron chi connectivity index (χ2n) is 4.20. The molecule has 0 amide bonds. The van der Waals surface area contributed by atoms with Crippen LogP contribution >= 0.6 is 0 Å². The van der Waals surface area contributed by atoms with E-state index in [4.69, 9.17) is 10.5 Å². The number of nitrogens with one attached hydrogen (secondary N) is 1. The summed E-state index contributed by atoms with van der Waals surface area (Å²) in [5, 5.41) is 14.8. The zero-order valence-corrected chi connectivity index (χ0v) is 10.4. The van der Waals surface area contributed by atoms with Gasteiger partial charge in [0.1, 0.15) is 5.75 Å². The molecule has 0 spiro atoms. The molecule has 4 N–H and O–H groups in total. The highest BCUT2D eigenvalue weighted by Crippen LogP contribution is 2.23. The largest absolute Gasteiger partial charge is 0.497 e. The Kier molecular flexibility index (Phi) is 4.02. The van der Waals surface area contributed by atoms with Crippen LogP contribution in [-0.2, 0) is 0 Å². The predicted octanol–water partition coefficient (Wildman–Crippen LogP) is 1.58. The molecule has 0 heterocycles. The number of hydrogen-bond donors (Lipinski definition) is 3.